The first-order chi connectivity index (χ1) is 13.3. The first kappa shape index (κ1) is 20.1. The topological polar surface area (TPSA) is 80.6 Å². The van der Waals surface area contributed by atoms with Gasteiger partial charge in [-0.2, -0.15) is 0 Å². The minimum Gasteiger partial charge on any atom is -0.452 e. The fourth-order valence-electron chi connectivity index (χ4n) is 2.93. The number of nitrogens with zero attached hydrogens (tertiary/aromatic N) is 2. The van der Waals surface area contributed by atoms with Crippen molar-refractivity contribution in [1.82, 2.24) is 14.8 Å². The first-order valence-electron chi connectivity index (χ1n) is 9.24. The fraction of sp³-hybridized carbons (Fsp3) is 0.450. The summed E-state index contributed by atoms with van der Waals surface area (Å²) in [5.41, 5.74) is 2.22. The molecule has 0 bridgehead atoms. The highest BCUT2D eigenvalue weighted by molar-refractivity contribution is 7.09. The third-order valence-corrected chi connectivity index (χ3v) is 5.62. The zero-order chi connectivity index (χ0) is 20.3. The largest absolute Gasteiger partial charge is 0.452 e. The molecule has 0 unspecified atom stereocenters. The fourth-order valence-corrected chi connectivity index (χ4v) is 3.62. The van der Waals surface area contributed by atoms with Crippen molar-refractivity contribution in [3.8, 4) is 0 Å². The zero-order valence-electron chi connectivity index (χ0n) is 16.4. The number of thiophene rings is 1. The number of ether oxygens (including phenoxy) is 1. The minimum atomic E-state index is -0.533. The van der Waals surface area contributed by atoms with E-state index in [1.165, 1.54) is 16.8 Å². The number of likely N-dealkylation sites (N-methyl/N-ethyl adjacent to an activating group) is 1. The van der Waals surface area contributed by atoms with Crippen LogP contribution in [0.15, 0.2) is 23.6 Å². The van der Waals surface area contributed by atoms with Gasteiger partial charge in [-0.25, -0.2) is 4.79 Å². The van der Waals surface area contributed by atoms with Crippen molar-refractivity contribution in [2.45, 2.75) is 39.3 Å². The van der Waals surface area contributed by atoms with Gasteiger partial charge in [0.25, 0.3) is 5.91 Å². The van der Waals surface area contributed by atoms with E-state index in [1.54, 1.807) is 17.4 Å². The van der Waals surface area contributed by atoms with Gasteiger partial charge in [-0.15, -0.1) is 11.3 Å². The van der Waals surface area contributed by atoms with Crippen LogP contribution in [0.1, 0.15) is 39.5 Å². The van der Waals surface area contributed by atoms with Crippen LogP contribution in [0.2, 0.25) is 0 Å². The van der Waals surface area contributed by atoms with Gasteiger partial charge in [0.15, 0.2) is 6.61 Å². The van der Waals surface area contributed by atoms with Crippen LogP contribution in [0.25, 0.3) is 0 Å². The summed E-state index contributed by atoms with van der Waals surface area (Å²) in [6, 6.07) is 6.08. The monoisotopic (exact) mass is 403 g/mol. The number of esters is 1. The van der Waals surface area contributed by atoms with Gasteiger partial charge in [0.2, 0.25) is 5.91 Å². The molecule has 2 heterocycles. The van der Waals surface area contributed by atoms with Gasteiger partial charge >= 0.3 is 5.97 Å². The Hall–Kier alpha value is -2.61. The number of nitrogens with one attached hydrogen (secondary N) is 1. The number of carbonyl (C=O) groups is 3. The van der Waals surface area contributed by atoms with E-state index in [-0.39, 0.29) is 25.1 Å². The van der Waals surface area contributed by atoms with Gasteiger partial charge in [-0.1, -0.05) is 6.07 Å². The maximum absolute atomic E-state index is 12.5. The molecule has 1 saturated carbocycles. The molecule has 28 heavy (non-hydrogen) atoms. The van der Waals surface area contributed by atoms with E-state index in [0.717, 1.165) is 24.2 Å². The van der Waals surface area contributed by atoms with Gasteiger partial charge in [-0.3, -0.25) is 9.59 Å². The predicted molar refractivity (Wildman–Crippen MR) is 106 cm³/mol. The Morgan fingerprint density at radius 2 is 2.07 bits per heavy atom. The number of rotatable bonds is 8. The van der Waals surface area contributed by atoms with Crippen LogP contribution in [0.4, 0.5) is 0 Å². The Bertz CT molecular complexity index is 868. The second kappa shape index (κ2) is 8.60. The van der Waals surface area contributed by atoms with E-state index >= 15 is 0 Å². The molecule has 2 amide bonds. The predicted octanol–water partition coefficient (Wildman–Crippen LogP) is 2.11. The van der Waals surface area contributed by atoms with Crippen molar-refractivity contribution in [3.63, 3.8) is 0 Å². The second-order valence-electron chi connectivity index (χ2n) is 7.12. The molecule has 1 aliphatic rings. The lowest BCUT2D eigenvalue weighted by Crippen LogP contribution is -2.40. The summed E-state index contributed by atoms with van der Waals surface area (Å²) in [6.07, 6.45) is 1.98. The van der Waals surface area contributed by atoms with E-state index in [1.807, 2.05) is 25.3 Å². The lowest BCUT2D eigenvalue weighted by atomic mass is 10.2. The van der Waals surface area contributed by atoms with Crippen molar-refractivity contribution in [3.05, 3.63) is 45.4 Å². The van der Waals surface area contributed by atoms with Crippen molar-refractivity contribution in [1.29, 1.82) is 0 Å². The number of aromatic nitrogens is 1. The number of hydrogen-bond donors (Lipinski definition) is 1. The average Bonchev–Trinajstić information content (AvgIpc) is 3.22. The van der Waals surface area contributed by atoms with Gasteiger partial charge in [0.1, 0.15) is 0 Å². The molecule has 0 atom stereocenters. The molecular formula is C20H25N3O4S. The van der Waals surface area contributed by atoms with E-state index in [9.17, 15) is 14.4 Å². The van der Waals surface area contributed by atoms with Crippen LogP contribution >= 0.6 is 11.3 Å². The molecule has 0 saturated heterocycles. The smallest absolute Gasteiger partial charge is 0.340 e. The Balaban J connectivity index is 1.54. The van der Waals surface area contributed by atoms with Crippen molar-refractivity contribution >= 4 is 29.1 Å². The van der Waals surface area contributed by atoms with E-state index < -0.39 is 11.9 Å². The molecule has 8 heteroatoms. The minimum absolute atomic E-state index is 0.0395. The molecule has 2 aromatic heterocycles. The molecule has 3 rings (SSSR count). The third-order valence-electron chi connectivity index (χ3n) is 4.76. The molecule has 7 nitrogen and oxygen atoms in total. The summed E-state index contributed by atoms with van der Waals surface area (Å²) in [5, 5.41) is 4.84. The quantitative estimate of drug-likeness (QED) is 0.685. The molecule has 0 spiro atoms. The van der Waals surface area contributed by atoms with E-state index in [0.29, 0.717) is 12.1 Å². The first-order valence-corrected chi connectivity index (χ1v) is 10.1. The van der Waals surface area contributed by atoms with E-state index in [2.05, 4.69) is 16.0 Å². The molecule has 0 radical (unpaired) electrons. The highest BCUT2D eigenvalue weighted by atomic mass is 32.1. The maximum Gasteiger partial charge on any atom is 0.340 e. The molecule has 1 N–H and O–H groups in total. The van der Waals surface area contributed by atoms with Gasteiger partial charge in [-0.05, 0) is 44.2 Å². The average molecular weight is 404 g/mol. The Labute approximate surface area is 168 Å². The second-order valence-corrected chi connectivity index (χ2v) is 8.15. The van der Waals surface area contributed by atoms with Gasteiger partial charge in [0.05, 0.1) is 18.7 Å². The summed E-state index contributed by atoms with van der Waals surface area (Å²) >= 11 is 1.66. The summed E-state index contributed by atoms with van der Waals surface area (Å²) in [5.74, 6) is -1.14. The molecule has 2 aromatic rings. The molecule has 1 aliphatic carbocycles. The lowest BCUT2D eigenvalue weighted by Gasteiger charge is -2.16. The van der Waals surface area contributed by atoms with Gasteiger partial charge < -0.3 is 19.5 Å². The molecule has 0 aromatic carbocycles. The van der Waals surface area contributed by atoms with Gasteiger partial charge in [0, 0.05) is 29.4 Å². The lowest BCUT2D eigenvalue weighted by molar-refractivity contribution is -0.137. The number of amides is 2. The molecular weight excluding hydrogens is 378 g/mol. The van der Waals surface area contributed by atoms with Crippen LogP contribution in [-0.2, 0) is 20.9 Å². The SMILES string of the molecule is Cc1cc(C(=O)OCC(=O)N(C)CC(=O)NC2CC2)c(C)n1Cc1cccs1. The molecule has 1 fully saturated rings. The highest BCUT2D eigenvalue weighted by Crippen LogP contribution is 2.20. The molecule has 150 valence electrons. The summed E-state index contributed by atoms with van der Waals surface area (Å²) in [4.78, 5) is 38.8. The maximum atomic E-state index is 12.5. The summed E-state index contributed by atoms with van der Waals surface area (Å²) in [6.45, 7) is 4.07. The Morgan fingerprint density at radius 3 is 2.71 bits per heavy atom. The van der Waals surface area contributed by atoms with Crippen LogP contribution in [0, 0.1) is 13.8 Å². The Morgan fingerprint density at radius 1 is 1.32 bits per heavy atom. The molecule has 0 aliphatic heterocycles. The van der Waals surface area contributed by atoms with Crippen LogP contribution in [0.5, 0.6) is 0 Å². The van der Waals surface area contributed by atoms with E-state index in [4.69, 9.17) is 4.74 Å². The Kier molecular flexibility index (Phi) is 6.18. The zero-order valence-corrected chi connectivity index (χ0v) is 17.2. The van der Waals surface area contributed by atoms with Crippen LogP contribution < -0.4 is 5.32 Å². The van der Waals surface area contributed by atoms with Crippen LogP contribution in [-0.4, -0.2) is 53.5 Å². The number of carbonyl (C=O) groups excluding carboxylic acids is 3. The summed E-state index contributed by atoms with van der Waals surface area (Å²) < 4.78 is 7.25. The van der Waals surface area contributed by atoms with Crippen LogP contribution in [0.3, 0.4) is 0 Å². The number of aryl methyl sites for hydroxylation is 1. The van der Waals surface area contributed by atoms with Crippen molar-refractivity contribution in [2.75, 3.05) is 20.2 Å². The van der Waals surface area contributed by atoms with Crippen molar-refractivity contribution in [2.24, 2.45) is 0 Å². The highest BCUT2D eigenvalue weighted by Gasteiger charge is 2.25. The normalized spacial score (nSPS) is 13.2. The number of hydrogen-bond acceptors (Lipinski definition) is 5. The summed E-state index contributed by atoms with van der Waals surface area (Å²) in [7, 11) is 1.52. The third kappa shape index (κ3) is 5.01. The van der Waals surface area contributed by atoms with Crippen molar-refractivity contribution < 1.29 is 19.1 Å². The standard InChI is InChI=1S/C20H25N3O4S/c1-13-9-17(14(2)23(13)10-16-5-4-8-28-16)20(26)27-12-19(25)22(3)11-18(24)21-15-6-7-15/h4-5,8-9,15H,6-7,10-12H2,1-3H3,(H,21,24).